The van der Waals surface area contributed by atoms with E-state index in [-0.39, 0.29) is 18.0 Å². The molecule has 4 rings (SSSR count). The first-order chi connectivity index (χ1) is 16.0. The maximum atomic E-state index is 12.4. The largest absolute Gasteiger partial charge is 0.497 e. The standard InChI is InChI=1S/C24H21BrN4O3S/c1-32-20-8-4-17(5-9-20)24-27-19(15-33-24)12-13-26-22(30)14-29-23(31)11-10-21(28-29)16-2-6-18(25)7-3-16/h2-11,15H,12-14H2,1H3,(H,26,30). The van der Waals surface area contributed by atoms with E-state index in [0.717, 1.165) is 32.1 Å². The number of amides is 1. The molecule has 1 amide bonds. The Bertz CT molecular complexity index is 1300. The third-order valence-electron chi connectivity index (χ3n) is 4.89. The van der Waals surface area contributed by atoms with Gasteiger partial charge in [-0.3, -0.25) is 9.59 Å². The summed E-state index contributed by atoms with van der Waals surface area (Å²) in [4.78, 5) is 29.2. The van der Waals surface area contributed by atoms with Crippen LogP contribution < -0.4 is 15.6 Å². The van der Waals surface area contributed by atoms with Crippen LogP contribution in [-0.2, 0) is 17.8 Å². The van der Waals surface area contributed by atoms with Crippen LogP contribution in [0.1, 0.15) is 5.69 Å². The minimum absolute atomic E-state index is 0.142. The topological polar surface area (TPSA) is 86.1 Å². The Kier molecular flexibility index (Phi) is 7.31. The number of carbonyl (C=O) groups excluding carboxylic acids is 1. The molecule has 0 aliphatic rings. The van der Waals surface area contributed by atoms with Gasteiger partial charge < -0.3 is 10.1 Å². The number of rotatable bonds is 8. The molecule has 168 valence electrons. The minimum Gasteiger partial charge on any atom is -0.497 e. The first-order valence-corrected chi connectivity index (χ1v) is 11.9. The van der Waals surface area contributed by atoms with E-state index in [9.17, 15) is 9.59 Å². The average Bonchev–Trinajstić information content (AvgIpc) is 3.30. The van der Waals surface area contributed by atoms with Gasteiger partial charge in [0.15, 0.2) is 0 Å². The average molecular weight is 525 g/mol. The van der Waals surface area contributed by atoms with E-state index < -0.39 is 0 Å². The van der Waals surface area contributed by atoms with Gasteiger partial charge in [-0.1, -0.05) is 28.1 Å². The van der Waals surface area contributed by atoms with E-state index in [2.05, 4.69) is 31.3 Å². The Hall–Kier alpha value is -3.30. The van der Waals surface area contributed by atoms with Crippen molar-refractivity contribution in [3.05, 3.63) is 86.6 Å². The van der Waals surface area contributed by atoms with E-state index >= 15 is 0 Å². The maximum Gasteiger partial charge on any atom is 0.267 e. The van der Waals surface area contributed by atoms with Crippen LogP contribution in [0.3, 0.4) is 0 Å². The summed E-state index contributed by atoms with van der Waals surface area (Å²) in [6, 6.07) is 18.4. The predicted molar refractivity (Wildman–Crippen MR) is 132 cm³/mol. The zero-order valence-corrected chi connectivity index (χ0v) is 20.2. The predicted octanol–water partition coefficient (Wildman–Crippen LogP) is 4.16. The van der Waals surface area contributed by atoms with Gasteiger partial charge in [0.2, 0.25) is 5.91 Å². The molecule has 1 N–H and O–H groups in total. The van der Waals surface area contributed by atoms with Gasteiger partial charge in [0.05, 0.1) is 18.5 Å². The van der Waals surface area contributed by atoms with Crippen LogP contribution in [0.25, 0.3) is 21.8 Å². The van der Waals surface area contributed by atoms with Gasteiger partial charge >= 0.3 is 0 Å². The number of benzene rings is 2. The van der Waals surface area contributed by atoms with Crippen molar-refractivity contribution in [1.29, 1.82) is 0 Å². The molecule has 0 atom stereocenters. The van der Waals surface area contributed by atoms with Crippen molar-refractivity contribution in [2.45, 2.75) is 13.0 Å². The summed E-state index contributed by atoms with van der Waals surface area (Å²) >= 11 is 4.96. The smallest absolute Gasteiger partial charge is 0.267 e. The van der Waals surface area contributed by atoms with Gasteiger partial charge in [-0.25, -0.2) is 9.67 Å². The Morgan fingerprint density at radius 3 is 2.52 bits per heavy atom. The summed E-state index contributed by atoms with van der Waals surface area (Å²) < 4.78 is 7.32. The first kappa shape index (κ1) is 22.9. The fraction of sp³-hybridized carbons (Fsp3) is 0.167. The lowest BCUT2D eigenvalue weighted by atomic mass is 10.1. The Morgan fingerprint density at radius 1 is 1.06 bits per heavy atom. The molecule has 4 aromatic rings. The summed E-state index contributed by atoms with van der Waals surface area (Å²) in [6.45, 7) is 0.281. The third-order valence-corrected chi connectivity index (χ3v) is 6.36. The van der Waals surface area contributed by atoms with Crippen LogP contribution in [0.15, 0.2) is 75.3 Å². The second-order valence-corrected chi connectivity index (χ2v) is 8.97. The van der Waals surface area contributed by atoms with Gasteiger partial charge in [-0.15, -0.1) is 11.3 Å². The molecule has 7 nitrogen and oxygen atoms in total. The SMILES string of the molecule is COc1ccc(-c2nc(CCNC(=O)Cn3nc(-c4ccc(Br)cc4)ccc3=O)cs2)cc1. The second-order valence-electron chi connectivity index (χ2n) is 7.19. The van der Waals surface area contributed by atoms with Crippen LogP contribution in [0.4, 0.5) is 0 Å². The molecule has 0 spiro atoms. The molecule has 0 aliphatic heterocycles. The number of thiazole rings is 1. The lowest BCUT2D eigenvalue weighted by Crippen LogP contribution is -2.34. The maximum absolute atomic E-state index is 12.4. The van der Waals surface area contributed by atoms with E-state index in [1.54, 1.807) is 24.5 Å². The number of carbonyl (C=O) groups is 1. The molecular formula is C24H21BrN4O3S. The normalized spacial score (nSPS) is 10.7. The van der Waals surface area contributed by atoms with Gasteiger partial charge in [0, 0.05) is 40.0 Å². The van der Waals surface area contributed by atoms with E-state index in [1.807, 2.05) is 53.9 Å². The lowest BCUT2D eigenvalue weighted by Gasteiger charge is -2.08. The molecule has 2 heterocycles. The van der Waals surface area contributed by atoms with E-state index in [1.165, 1.54) is 10.7 Å². The molecule has 2 aromatic carbocycles. The summed E-state index contributed by atoms with van der Waals surface area (Å²) in [5.41, 5.74) is 3.09. The third kappa shape index (κ3) is 5.94. The number of aromatic nitrogens is 3. The van der Waals surface area contributed by atoms with Crippen molar-refractivity contribution in [1.82, 2.24) is 20.1 Å². The molecule has 0 saturated carbocycles. The highest BCUT2D eigenvalue weighted by molar-refractivity contribution is 9.10. The molecular weight excluding hydrogens is 504 g/mol. The molecule has 0 saturated heterocycles. The van der Waals surface area contributed by atoms with Gasteiger partial charge in [0.1, 0.15) is 17.3 Å². The van der Waals surface area contributed by atoms with Crippen LogP contribution in [0.5, 0.6) is 5.75 Å². The Morgan fingerprint density at radius 2 is 1.79 bits per heavy atom. The van der Waals surface area contributed by atoms with Crippen molar-refractivity contribution < 1.29 is 9.53 Å². The van der Waals surface area contributed by atoms with Crippen molar-refractivity contribution >= 4 is 33.2 Å². The Balaban J connectivity index is 1.32. The zero-order valence-electron chi connectivity index (χ0n) is 17.8. The van der Waals surface area contributed by atoms with Gasteiger partial charge in [0.25, 0.3) is 5.56 Å². The minimum atomic E-state index is -0.324. The van der Waals surface area contributed by atoms with E-state index in [0.29, 0.717) is 18.7 Å². The zero-order chi connectivity index (χ0) is 23.2. The monoisotopic (exact) mass is 524 g/mol. The number of nitrogens with zero attached hydrogens (tertiary/aromatic N) is 3. The van der Waals surface area contributed by atoms with Crippen LogP contribution >= 0.6 is 27.3 Å². The van der Waals surface area contributed by atoms with Gasteiger partial charge in [-0.05, 0) is 42.5 Å². The highest BCUT2D eigenvalue weighted by atomic mass is 79.9. The van der Waals surface area contributed by atoms with Crippen LogP contribution in [0.2, 0.25) is 0 Å². The summed E-state index contributed by atoms with van der Waals surface area (Å²) in [5, 5.41) is 10.1. The number of nitrogens with one attached hydrogen (secondary N) is 1. The number of methoxy groups -OCH3 is 1. The van der Waals surface area contributed by atoms with Crippen LogP contribution in [-0.4, -0.2) is 34.3 Å². The number of ether oxygens (including phenoxy) is 1. The molecule has 9 heteroatoms. The van der Waals surface area contributed by atoms with Crippen molar-refractivity contribution in [2.75, 3.05) is 13.7 Å². The van der Waals surface area contributed by atoms with Crippen molar-refractivity contribution in [3.8, 4) is 27.6 Å². The highest BCUT2D eigenvalue weighted by Gasteiger charge is 2.09. The first-order valence-electron chi connectivity index (χ1n) is 10.2. The molecule has 0 bridgehead atoms. The highest BCUT2D eigenvalue weighted by Crippen LogP contribution is 2.25. The molecule has 0 fully saturated rings. The second kappa shape index (κ2) is 10.5. The van der Waals surface area contributed by atoms with Crippen LogP contribution in [0, 0.1) is 0 Å². The summed E-state index contributed by atoms with van der Waals surface area (Å²) in [6.07, 6.45) is 0.597. The number of halogens is 1. The molecule has 2 aromatic heterocycles. The van der Waals surface area contributed by atoms with Gasteiger partial charge in [-0.2, -0.15) is 5.10 Å². The fourth-order valence-corrected chi connectivity index (χ4v) is 4.27. The molecule has 33 heavy (non-hydrogen) atoms. The van der Waals surface area contributed by atoms with E-state index in [4.69, 9.17) is 4.74 Å². The number of hydrogen-bond donors (Lipinski definition) is 1. The summed E-state index contributed by atoms with van der Waals surface area (Å²) in [5.74, 6) is 0.525. The number of hydrogen-bond acceptors (Lipinski definition) is 6. The van der Waals surface area contributed by atoms with Crippen molar-refractivity contribution in [3.63, 3.8) is 0 Å². The Labute approximate surface area is 203 Å². The van der Waals surface area contributed by atoms with Crippen molar-refractivity contribution in [2.24, 2.45) is 0 Å². The quantitative estimate of drug-likeness (QED) is 0.374. The molecule has 0 radical (unpaired) electrons. The molecule has 0 unspecified atom stereocenters. The lowest BCUT2D eigenvalue weighted by molar-refractivity contribution is -0.121. The molecule has 0 aliphatic carbocycles. The summed E-state index contributed by atoms with van der Waals surface area (Å²) in [7, 11) is 1.64. The fourth-order valence-electron chi connectivity index (χ4n) is 3.15.